The average Bonchev–Trinajstić information content (AvgIpc) is 2.72. The molecule has 1 aromatic rings. The van der Waals surface area contributed by atoms with Crippen molar-refractivity contribution in [3.8, 4) is 0 Å². The molecule has 1 N–H and O–H groups in total. The third-order valence-corrected chi connectivity index (χ3v) is 4.30. The number of nitrogens with zero attached hydrogens (tertiary/aromatic N) is 1. The minimum Gasteiger partial charge on any atom is -0.372 e. The Balaban J connectivity index is 2.11. The highest BCUT2D eigenvalue weighted by atomic mass is 19.1. The summed E-state index contributed by atoms with van der Waals surface area (Å²) >= 11 is 0. The van der Waals surface area contributed by atoms with E-state index in [1.54, 1.807) is 12.1 Å². The van der Waals surface area contributed by atoms with E-state index in [9.17, 15) is 4.39 Å². The Kier molecular flexibility index (Phi) is 5.84. The smallest absolute Gasteiger partial charge is 0.125 e. The van der Waals surface area contributed by atoms with Gasteiger partial charge in [-0.2, -0.15) is 0 Å². The maximum Gasteiger partial charge on any atom is 0.125 e. The Morgan fingerprint density at radius 2 is 1.85 bits per heavy atom. The molecule has 0 spiro atoms. The number of rotatable bonds is 5. The quantitative estimate of drug-likeness (QED) is 0.816. The minimum absolute atomic E-state index is 0.129. The fourth-order valence-electron chi connectivity index (χ4n) is 3.06. The zero-order chi connectivity index (χ0) is 14.4. The van der Waals surface area contributed by atoms with E-state index in [-0.39, 0.29) is 5.82 Å². The molecule has 20 heavy (non-hydrogen) atoms. The predicted molar refractivity (Wildman–Crippen MR) is 83.7 cm³/mol. The molecule has 1 saturated carbocycles. The van der Waals surface area contributed by atoms with Crippen LogP contribution in [0.5, 0.6) is 0 Å². The van der Waals surface area contributed by atoms with E-state index >= 15 is 0 Å². The topological polar surface area (TPSA) is 15.3 Å². The van der Waals surface area contributed by atoms with Gasteiger partial charge in [0.2, 0.25) is 0 Å². The van der Waals surface area contributed by atoms with Crippen molar-refractivity contribution < 1.29 is 4.39 Å². The van der Waals surface area contributed by atoms with Crippen molar-refractivity contribution in [2.75, 3.05) is 18.5 Å². The third kappa shape index (κ3) is 4.20. The standard InChI is InChI=1S/C17H27FN2/c1-3-19-13-14-10-15(18)12-17(11-14)20(2)16-8-6-4-5-7-9-16/h10-12,16,19H,3-9,13H2,1-2H3. The van der Waals surface area contributed by atoms with Gasteiger partial charge in [0, 0.05) is 25.3 Å². The lowest BCUT2D eigenvalue weighted by Gasteiger charge is -2.29. The Labute approximate surface area is 122 Å². The van der Waals surface area contributed by atoms with E-state index in [1.807, 2.05) is 0 Å². The highest BCUT2D eigenvalue weighted by molar-refractivity contribution is 5.49. The molecule has 0 amide bonds. The molecule has 0 unspecified atom stereocenters. The van der Waals surface area contributed by atoms with E-state index in [0.29, 0.717) is 6.04 Å². The van der Waals surface area contributed by atoms with Crippen LogP contribution in [-0.2, 0) is 6.54 Å². The van der Waals surface area contributed by atoms with Crippen molar-refractivity contribution >= 4 is 5.69 Å². The second-order valence-electron chi connectivity index (χ2n) is 5.85. The van der Waals surface area contributed by atoms with Crippen LogP contribution in [0.25, 0.3) is 0 Å². The van der Waals surface area contributed by atoms with Crippen LogP contribution in [0, 0.1) is 5.82 Å². The summed E-state index contributed by atoms with van der Waals surface area (Å²) < 4.78 is 13.8. The molecule has 112 valence electrons. The summed E-state index contributed by atoms with van der Waals surface area (Å²) in [6.07, 6.45) is 7.76. The molecule has 3 heteroatoms. The number of anilines is 1. The van der Waals surface area contributed by atoms with Gasteiger partial charge in [0.25, 0.3) is 0 Å². The summed E-state index contributed by atoms with van der Waals surface area (Å²) in [7, 11) is 2.11. The fourth-order valence-corrected chi connectivity index (χ4v) is 3.06. The van der Waals surface area contributed by atoms with Gasteiger partial charge in [-0.05, 0) is 43.1 Å². The van der Waals surface area contributed by atoms with Crippen LogP contribution < -0.4 is 10.2 Å². The van der Waals surface area contributed by atoms with Crippen LogP contribution in [0.3, 0.4) is 0 Å². The number of hydrogen-bond donors (Lipinski definition) is 1. The van der Waals surface area contributed by atoms with Gasteiger partial charge in [-0.25, -0.2) is 4.39 Å². The van der Waals surface area contributed by atoms with Gasteiger partial charge in [-0.1, -0.05) is 32.6 Å². The number of nitrogens with one attached hydrogen (secondary N) is 1. The molecule has 2 rings (SSSR count). The first-order valence-electron chi connectivity index (χ1n) is 7.93. The first-order valence-corrected chi connectivity index (χ1v) is 7.93. The first-order chi connectivity index (χ1) is 9.70. The monoisotopic (exact) mass is 278 g/mol. The van der Waals surface area contributed by atoms with Gasteiger partial charge < -0.3 is 10.2 Å². The van der Waals surface area contributed by atoms with Gasteiger partial charge >= 0.3 is 0 Å². The SMILES string of the molecule is CCNCc1cc(F)cc(N(C)C2CCCCCC2)c1. The molecule has 2 nitrogen and oxygen atoms in total. The summed E-state index contributed by atoms with van der Waals surface area (Å²) in [5.41, 5.74) is 2.05. The summed E-state index contributed by atoms with van der Waals surface area (Å²) in [5, 5.41) is 3.26. The maximum absolute atomic E-state index is 13.8. The third-order valence-electron chi connectivity index (χ3n) is 4.30. The number of benzene rings is 1. The zero-order valence-electron chi connectivity index (χ0n) is 12.8. The van der Waals surface area contributed by atoms with Gasteiger partial charge in [0.05, 0.1) is 0 Å². The Bertz CT molecular complexity index is 411. The number of halogens is 1. The molecule has 1 aliphatic carbocycles. The van der Waals surface area contributed by atoms with Crippen LogP contribution in [-0.4, -0.2) is 19.6 Å². The molecule has 1 aromatic carbocycles. The number of hydrogen-bond acceptors (Lipinski definition) is 2. The molecule has 0 atom stereocenters. The lowest BCUT2D eigenvalue weighted by Crippen LogP contribution is -2.31. The van der Waals surface area contributed by atoms with Crippen molar-refractivity contribution in [3.63, 3.8) is 0 Å². The normalized spacial score (nSPS) is 16.9. The zero-order valence-corrected chi connectivity index (χ0v) is 12.8. The average molecular weight is 278 g/mol. The van der Waals surface area contributed by atoms with Crippen LogP contribution in [0.2, 0.25) is 0 Å². The largest absolute Gasteiger partial charge is 0.372 e. The molecular formula is C17H27FN2. The summed E-state index contributed by atoms with van der Waals surface area (Å²) in [6.45, 7) is 3.71. The van der Waals surface area contributed by atoms with Gasteiger partial charge in [0.15, 0.2) is 0 Å². The van der Waals surface area contributed by atoms with Crippen molar-refractivity contribution in [2.24, 2.45) is 0 Å². The summed E-state index contributed by atoms with van der Waals surface area (Å²) in [5.74, 6) is -0.129. The van der Waals surface area contributed by atoms with Gasteiger partial charge in [-0.3, -0.25) is 0 Å². The Morgan fingerprint density at radius 3 is 2.50 bits per heavy atom. The molecule has 0 radical (unpaired) electrons. The fraction of sp³-hybridized carbons (Fsp3) is 0.647. The maximum atomic E-state index is 13.8. The van der Waals surface area contributed by atoms with Crippen molar-refractivity contribution in [3.05, 3.63) is 29.6 Å². The molecule has 0 aromatic heterocycles. The van der Waals surface area contributed by atoms with Crippen molar-refractivity contribution in [1.82, 2.24) is 5.32 Å². The van der Waals surface area contributed by atoms with E-state index in [4.69, 9.17) is 0 Å². The van der Waals surface area contributed by atoms with Crippen molar-refractivity contribution in [2.45, 2.75) is 58.0 Å². The van der Waals surface area contributed by atoms with Crippen LogP contribution >= 0.6 is 0 Å². The highest BCUT2D eigenvalue weighted by Crippen LogP contribution is 2.26. The second-order valence-corrected chi connectivity index (χ2v) is 5.85. The summed E-state index contributed by atoms with van der Waals surface area (Å²) in [6, 6.07) is 5.98. The van der Waals surface area contributed by atoms with E-state index < -0.39 is 0 Å². The molecule has 0 bridgehead atoms. The van der Waals surface area contributed by atoms with Crippen LogP contribution in [0.15, 0.2) is 18.2 Å². The molecular weight excluding hydrogens is 251 g/mol. The molecule has 1 fully saturated rings. The lowest BCUT2D eigenvalue weighted by molar-refractivity contribution is 0.550. The van der Waals surface area contributed by atoms with E-state index in [0.717, 1.165) is 24.3 Å². The van der Waals surface area contributed by atoms with Crippen LogP contribution in [0.1, 0.15) is 51.0 Å². The van der Waals surface area contributed by atoms with Gasteiger partial charge in [0.1, 0.15) is 5.82 Å². The molecule has 0 saturated heterocycles. The summed E-state index contributed by atoms with van der Waals surface area (Å²) in [4.78, 5) is 2.28. The minimum atomic E-state index is -0.129. The lowest BCUT2D eigenvalue weighted by atomic mass is 10.1. The first kappa shape index (κ1) is 15.3. The van der Waals surface area contributed by atoms with Crippen molar-refractivity contribution in [1.29, 1.82) is 0 Å². The van der Waals surface area contributed by atoms with E-state index in [2.05, 4.69) is 30.3 Å². The van der Waals surface area contributed by atoms with Crippen LogP contribution in [0.4, 0.5) is 10.1 Å². The Hall–Kier alpha value is -1.09. The Morgan fingerprint density at radius 1 is 1.15 bits per heavy atom. The molecule has 0 aliphatic heterocycles. The molecule has 1 aliphatic rings. The second kappa shape index (κ2) is 7.63. The van der Waals surface area contributed by atoms with Gasteiger partial charge in [-0.15, -0.1) is 0 Å². The predicted octanol–water partition coefficient (Wildman–Crippen LogP) is 4.09. The molecule has 0 heterocycles. The van der Waals surface area contributed by atoms with E-state index in [1.165, 1.54) is 38.5 Å². The highest BCUT2D eigenvalue weighted by Gasteiger charge is 2.18.